The molecule has 3 rings (SSSR count). The normalized spacial score (nSPS) is 40.7. The Kier molecular flexibility index (Phi) is 7.93. The van der Waals surface area contributed by atoms with E-state index < -0.39 is 55.3 Å². The molecule has 2 aliphatic rings. The summed E-state index contributed by atoms with van der Waals surface area (Å²) in [6, 6.07) is 9.54. The Morgan fingerprint density at radius 3 is 2.21 bits per heavy atom. The zero-order chi connectivity index (χ0) is 21.0. The molecular weight excluding hydrogens is 388 g/mol. The first-order valence-electron chi connectivity index (χ1n) is 9.51. The van der Waals surface area contributed by atoms with Crippen molar-refractivity contribution in [1.82, 2.24) is 0 Å². The maximum atomic E-state index is 10.2. The van der Waals surface area contributed by atoms with Gasteiger partial charge in [0.1, 0.15) is 42.7 Å². The Morgan fingerprint density at radius 2 is 1.48 bits per heavy atom. The van der Waals surface area contributed by atoms with E-state index in [0.717, 1.165) is 5.56 Å². The molecule has 0 spiro atoms. The van der Waals surface area contributed by atoms with Crippen LogP contribution in [0, 0.1) is 0 Å². The summed E-state index contributed by atoms with van der Waals surface area (Å²) < 4.78 is 21.6. The van der Waals surface area contributed by atoms with Crippen molar-refractivity contribution >= 4 is 0 Å². The van der Waals surface area contributed by atoms with Crippen LogP contribution in [-0.2, 0) is 25.4 Å². The summed E-state index contributed by atoms with van der Waals surface area (Å²) in [5.41, 5.74) is 1.03. The van der Waals surface area contributed by atoms with Crippen molar-refractivity contribution in [3.05, 3.63) is 35.9 Å². The van der Waals surface area contributed by atoms with Crippen LogP contribution in [0.5, 0.6) is 0 Å². The lowest BCUT2D eigenvalue weighted by molar-refractivity contribution is -0.320. The molecule has 2 saturated heterocycles. The average molecular weight is 416 g/mol. The monoisotopic (exact) mass is 416 g/mol. The number of ether oxygens (including phenoxy) is 4. The van der Waals surface area contributed by atoms with Crippen LogP contribution in [0.15, 0.2) is 30.3 Å². The summed E-state index contributed by atoms with van der Waals surface area (Å²) in [6.45, 7) is -0.325. The molecule has 0 amide bonds. The molecule has 10 heteroatoms. The van der Waals surface area contributed by atoms with Crippen molar-refractivity contribution in [2.75, 3.05) is 19.8 Å². The van der Waals surface area contributed by atoms with E-state index in [1.807, 2.05) is 30.3 Å². The van der Waals surface area contributed by atoms with Gasteiger partial charge in [-0.1, -0.05) is 30.3 Å². The number of aliphatic hydroxyl groups excluding tert-OH is 6. The molecule has 0 saturated carbocycles. The average Bonchev–Trinajstić information content (AvgIpc) is 2.73. The van der Waals surface area contributed by atoms with Crippen LogP contribution in [0.25, 0.3) is 0 Å². The topological polar surface area (TPSA) is 158 Å². The standard InChI is InChI=1S/C19H28O10/c20-11-8-27-18(16(24)13(11)21)28-9-12-14(22)15(23)17(25)19(29-12)26-7-6-10-4-2-1-3-5-10/h1-5,11-25H,6-9H2/t11-,12+,13+,14+,15-,16-,17+,18+,19+/m1/s1. The lowest BCUT2D eigenvalue weighted by atomic mass is 9.99. The molecule has 0 aromatic heterocycles. The molecule has 0 radical (unpaired) electrons. The maximum absolute atomic E-state index is 10.2. The third kappa shape index (κ3) is 5.50. The van der Waals surface area contributed by atoms with Crippen LogP contribution in [0.1, 0.15) is 5.56 Å². The van der Waals surface area contributed by atoms with E-state index in [1.165, 1.54) is 0 Å². The molecule has 10 nitrogen and oxygen atoms in total. The van der Waals surface area contributed by atoms with E-state index >= 15 is 0 Å². The third-order valence-corrected chi connectivity index (χ3v) is 5.06. The molecule has 2 aliphatic heterocycles. The van der Waals surface area contributed by atoms with Crippen LogP contribution in [0.2, 0.25) is 0 Å². The second kappa shape index (κ2) is 10.2. The van der Waals surface area contributed by atoms with Gasteiger partial charge in [-0.05, 0) is 12.0 Å². The van der Waals surface area contributed by atoms with Crippen LogP contribution >= 0.6 is 0 Å². The van der Waals surface area contributed by atoms with Crippen LogP contribution in [-0.4, -0.2) is 106 Å². The fourth-order valence-corrected chi connectivity index (χ4v) is 3.25. The van der Waals surface area contributed by atoms with E-state index in [4.69, 9.17) is 18.9 Å². The van der Waals surface area contributed by atoms with Crippen molar-refractivity contribution < 1.29 is 49.6 Å². The van der Waals surface area contributed by atoms with E-state index in [-0.39, 0.29) is 19.8 Å². The smallest absolute Gasteiger partial charge is 0.186 e. The second-order valence-electron chi connectivity index (χ2n) is 7.20. The summed E-state index contributed by atoms with van der Waals surface area (Å²) in [6.07, 6.45) is -11.5. The zero-order valence-electron chi connectivity index (χ0n) is 15.7. The maximum Gasteiger partial charge on any atom is 0.186 e. The quantitative estimate of drug-likeness (QED) is 0.281. The van der Waals surface area contributed by atoms with E-state index in [2.05, 4.69) is 0 Å². The predicted molar refractivity (Wildman–Crippen MR) is 96.5 cm³/mol. The van der Waals surface area contributed by atoms with Crippen molar-refractivity contribution in [3.8, 4) is 0 Å². The van der Waals surface area contributed by atoms with Gasteiger partial charge in [0, 0.05) is 0 Å². The van der Waals surface area contributed by atoms with Gasteiger partial charge >= 0.3 is 0 Å². The molecule has 1 aromatic rings. The molecule has 6 N–H and O–H groups in total. The molecule has 2 heterocycles. The van der Waals surface area contributed by atoms with Gasteiger partial charge in [0.25, 0.3) is 0 Å². The Labute approximate surface area is 167 Å². The molecule has 2 fully saturated rings. The molecule has 1 aromatic carbocycles. The molecule has 164 valence electrons. The highest BCUT2D eigenvalue weighted by Gasteiger charge is 2.45. The third-order valence-electron chi connectivity index (χ3n) is 5.06. The van der Waals surface area contributed by atoms with Gasteiger partial charge in [0.15, 0.2) is 12.6 Å². The summed E-state index contributed by atoms with van der Waals surface area (Å²) in [4.78, 5) is 0. The zero-order valence-corrected chi connectivity index (χ0v) is 15.7. The van der Waals surface area contributed by atoms with Gasteiger partial charge in [-0.25, -0.2) is 0 Å². The minimum Gasteiger partial charge on any atom is -0.388 e. The minimum absolute atomic E-state index is 0.219. The molecular formula is C19H28O10. The van der Waals surface area contributed by atoms with Gasteiger partial charge in [-0.15, -0.1) is 0 Å². The van der Waals surface area contributed by atoms with Crippen molar-refractivity contribution in [2.24, 2.45) is 0 Å². The number of benzene rings is 1. The fourth-order valence-electron chi connectivity index (χ4n) is 3.25. The van der Waals surface area contributed by atoms with Crippen LogP contribution in [0.4, 0.5) is 0 Å². The molecule has 9 atom stereocenters. The molecule has 0 bridgehead atoms. The van der Waals surface area contributed by atoms with Crippen molar-refractivity contribution in [2.45, 2.75) is 61.7 Å². The Morgan fingerprint density at radius 1 is 0.793 bits per heavy atom. The predicted octanol–water partition coefficient (Wildman–Crippen LogP) is -2.49. The number of rotatable bonds is 7. The van der Waals surface area contributed by atoms with Crippen molar-refractivity contribution in [3.63, 3.8) is 0 Å². The lowest BCUT2D eigenvalue weighted by Crippen LogP contribution is -2.60. The van der Waals surface area contributed by atoms with Gasteiger partial charge in [0.05, 0.1) is 19.8 Å². The number of hydrogen-bond donors (Lipinski definition) is 6. The first-order valence-corrected chi connectivity index (χ1v) is 9.51. The Hall–Kier alpha value is -1.18. The fraction of sp³-hybridized carbons (Fsp3) is 0.684. The van der Waals surface area contributed by atoms with E-state index in [0.29, 0.717) is 6.42 Å². The first-order chi connectivity index (χ1) is 13.9. The van der Waals surface area contributed by atoms with E-state index in [9.17, 15) is 30.6 Å². The largest absolute Gasteiger partial charge is 0.388 e. The van der Waals surface area contributed by atoms with Gasteiger partial charge in [-0.2, -0.15) is 0 Å². The Balaban J connectivity index is 1.51. The minimum atomic E-state index is -1.52. The highest BCUT2D eigenvalue weighted by Crippen LogP contribution is 2.24. The summed E-state index contributed by atoms with van der Waals surface area (Å²) >= 11 is 0. The number of aliphatic hydroxyl groups is 6. The molecule has 0 aliphatic carbocycles. The van der Waals surface area contributed by atoms with Gasteiger partial charge in [-0.3, -0.25) is 0 Å². The number of hydrogen-bond acceptors (Lipinski definition) is 10. The molecule has 0 unspecified atom stereocenters. The summed E-state index contributed by atoms with van der Waals surface area (Å²) in [5, 5.41) is 59.4. The van der Waals surface area contributed by atoms with Gasteiger partial charge < -0.3 is 49.6 Å². The summed E-state index contributed by atoms with van der Waals surface area (Å²) in [5.74, 6) is 0. The highest BCUT2D eigenvalue weighted by molar-refractivity contribution is 5.14. The SMILES string of the molecule is O[C@H]1[C@H](O)[C@@H](OCCc2ccccc2)O[C@@H](CO[C@@H]2OC[C@@H](O)[C@H](O)[C@H]2O)[C@@H]1O. The lowest BCUT2D eigenvalue weighted by Gasteiger charge is -2.41. The van der Waals surface area contributed by atoms with Crippen molar-refractivity contribution in [1.29, 1.82) is 0 Å². The summed E-state index contributed by atoms with van der Waals surface area (Å²) in [7, 11) is 0. The Bertz CT molecular complexity index is 616. The van der Waals surface area contributed by atoms with Crippen LogP contribution in [0.3, 0.4) is 0 Å². The highest BCUT2D eigenvalue weighted by atomic mass is 16.7. The first kappa shape index (κ1) is 22.5. The molecule has 29 heavy (non-hydrogen) atoms. The second-order valence-corrected chi connectivity index (χ2v) is 7.20. The van der Waals surface area contributed by atoms with Gasteiger partial charge in [0.2, 0.25) is 0 Å². The van der Waals surface area contributed by atoms with E-state index in [1.54, 1.807) is 0 Å². The van der Waals surface area contributed by atoms with Crippen LogP contribution < -0.4 is 0 Å².